The second-order valence-corrected chi connectivity index (χ2v) is 5.88. The maximum atomic E-state index is 6.07. The Morgan fingerprint density at radius 2 is 2.05 bits per heavy atom. The average molecular weight is 281 g/mol. The van der Waals surface area contributed by atoms with Crippen molar-refractivity contribution in [2.24, 2.45) is 19.8 Å². The molecule has 1 aliphatic carbocycles. The van der Waals surface area contributed by atoms with E-state index < -0.39 is 0 Å². The number of imidazole rings is 1. The lowest BCUT2D eigenvalue weighted by molar-refractivity contribution is 0.554. The summed E-state index contributed by atoms with van der Waals surface area (Å²) < 4.78 is 4.11. The molecule has 108 valence electrons. The fourth-order valence-corrected chi connectivity index (χ4v) is 3.33. The van der Waals surface area contributed by atoms with Crippen LogP contribution < -0.4 is 5.73 Å². The van der Waals surface area contributed by atoms with E-state index in [4.69, 9.17) is 10.7 Å². The topological polar surface area (TPSA) is 61.7 Å². The van der Waals surface area contributed by atoms with E-state index in [9.17, 15) is 0 Å². The molecular formula is C16H19N5. The minimum absolute atomic E-state index is 0.237. The van der Waals surface area contributed by atoms with Crippen LogP contribution in [0.3, 0.4) is 0 Å². The molecule has 21 heavy (non-hydrogen) atoms. The van der Waals surface area contributed by atoms with Gasteiger partial charge in [-0.05, 0) is 18.9 Å². The highest BCUT2D eigenvalue weighted by Crippen LogP contribution is 2.30. The number of hydrogen-bond donors (Lipinski definition) is 1. The van der Waals surface area contributed by atoms with Crippen LogP contribution in [0.4, 0.5) is 0 Å². The van der Waals surface area contributed by atoms with E-state index in [1.165, 1.54) is 5.69 Å². The lowest BCUT2D eigenvalue weighted by Crippen LogP contribution is -2.28. The third-order valence-corrected chi connectivity index (χ3v) is 4.47. The van der Waals surface area contributed by atoms with Gasteiger partial charge in [0.15, 0.2) is 5.82 Å². The van der Waals surface area contributed by atoms with Gasteiger partial charge in [0.25, 0.3) is 0 Å². The van der Waals surface area contributed by atoms with E-state index in [0.29, 0.717) is 0 Å². The van der Waals surface area contributed by atoms with Gasteiger partial charge in [0.2, 0.25) is 0 Å². The SMILES string of the molecule is Cn1c(-c2nn(C)c3ccccc23)nc2c1CCC(N)C2. The molecule has 2 aromatic heterocycles. The molecule has 4 rings (SSSR count). The van der Waals surface area contributed by atoms with Gasteiger partial charge < -0.3 is 10.3 Å². The fraction of sp³-hybridized carbons (Fsp3) is 0.375. The molecule has 5 nitrogen and oxygen atoms in total. The Hall–Kier alpha value is -2.14. The maximum absolute atomic E-state index is 6.07. The molecular weight excluding hydrogens is 262 g/mol. The van der Waals surface area contributed by atoms with Gasteiger partial charge >= 0.3 is 0 Å². The number of para-hydroxylation sites is 1. The predicted octanol–water partition coefficient (Wildman–Crippen LogP) is 1.79. The molecule has 3 aromatic rings. The summed E-state index contributed by atoms with van der Waals surface area (Å²) in [4.78, 5) is 4.84. The van der Waals surface area contributed by atoms with Crippen LogP contribution in [0.2, 0.25) is 0 Å². The lowest BCUT2D eigenvalue weighted by atomic mass is 9.97. The number of benzene rings is 1. The Balaban J connectivity index is 1.94. The highest BCUT2D eigenvalue weighted by Gasteiger charge is 2.24. The largest absolute Gasteiger partial charge is 0.330 e. The molecule has 5 heteroatoms. The molecule has 0 spiro atoms. The Morgan fingerprint density at radius 1 is 1.24 bits per heavy atom. The van der Waals surface area contributed by atoms with Crippen molar-refractivity contribution in [2.75, 3.05) is 0 Å². The maximum Gasteiger partial charge on any atom is 0.161 e. The summed E-state index contributed by atoms with van der Waals surface area (Å²) in [6, 6.07) is 8.52. The molecule has 0 bridgehead atoms. The second-order valence-electron chi connectivity index (χ2n) is 5.88. The first-order valence-electron chi connectivity index (χ1n) is 7.37. The quantitative estimate of drug-likeness (QED) is 0.739. The standard InChI is InChI=1S/C16H19N5/c1-20-14-8-7-10(17)9-12(14)18-16(20)15-11-5-3-4-6-13(11)21(2)19-15/h3-6,10H,7-9,17H2,1-2H3. The van der Waals surface area contributed by atoms with Gasteiger partial charge in [0.05, 0.1) is 11.2 Å². The molecule has 1 aliphatic rings. The second kappa shape index (κ2) is 4.43. The smallest absolute Gasteiger partial charge is 0.161 e. The minimum atomic E-state index is 0.237. The zero-order valence-electron chi connectivity index (χ0n) is 12.4. The van der Waals surface area contributed by atoms with Gasteiger partial charge in [-0.3, -0.25) is 4.68 Å². The first-order chi connectivity index (χ1) is 10.1. The van der Waals surface area contributed by atoms with Gasteiger partial charge in [-0.15, -0.1) is 0 Å². The Bertz CT molecular complexity index is 827. The molecule has 2 N–H and O–H groups in total. The molecule has 2 heterocycles. The molecule has 0 aliphatic heterocycles. The van der Waals surface area contributed by atoms with E-state index in [1.807, 2.05) is 23.9 Å². The van der Waals surface area contributed by atoms with Crippen LogP contribution in [-0.4, -0.2) is 25.4 Å². The normalized spacial score (nSPS) is 18.1. The van der Waals surface area contributed by atoms with Crippen LogP contribution in [0.15, 0.2) is 24.3 Å². The minimum Gasteiger partial charge on any atom is -0.330 e. The number of aryl methyl sites for hydroxylation is 1. The van der Waals surface area contributed by atoms with E-state index in [-0.39, 0.29) is 6.04 Å². The highest BCUT2D eigenvalue weighted by atomic mass is 15.3. The summed E-state index contributed by atoms with van der Waals surface area (Å²) in [7, 11) is 4.06. The number of nitrogens with two attached hydrogens (primary N) is 1. The molecule has 0 saturated heterocycles. The van der Waals surface area contributed by atoms with Gasteiger partial charge in [0.1, 0.15) is 5.69 Å². The van der Waals surface area contributed by atoms with E-state index in [0.717, 1.165) is 47.4 Å². The zero-order valence-corrected chi connectivity index (χ0v) is 12.4. The number of aromatic nitrogens is 4. The molecule has 1 aromatic carbocycles. The summed E-state index contributed by atoms with van der Waals surface area (Å²) in [6.07, 6.45) is 2.91. The summed E-state index contributed by atoms with van der Waals surface area (Å²) in [5, 5.41) is 5.83. The number of rotatable bonds is 1. The third-order valence-electron chi connectivity index (χ3n) is 4.47. The van der Waals surface area contributed by atoms with Crippen LogP contribution in [-0.2, 0) is 26.9 Å². The van der Waals surface area contributed by atoms with Gasteiger partial charge in [0, 0.05) is 37.6 Å². The van der Waals surface area contributed by atoms with Crippen LogP contribution in [0, 0.1) is 0 Å². The first-order valence-corrected chi connectivity index (χ1v) is 7.37. The van der Waals surface area contributed by atoms with Gasteiger partial charge in [-0.25, -0.2) is 4.98 Å². The van der Waals surface area contributed by atoms with E-state index in [2.05, 4.69) is 28.8 Å². The van der Waals surface area contributed by atoms with Crippen molar-refractivity contribution in [2.45, 2.75) is 25.3 Å². The van der Waals surface area contributed by atoms with Crippen molar-refractivity contribution in [3.63, 3.8) is 0 Å². The van der Waals surface area contributed by atoms with E-state index >= 15 is 0 Å². The van der Waals surface area contributed by atoms with E-state index in [1.54, 1.807) is 0 Å². The summed E-state index contributed by atoms with van der Waals surface area (Å²) in [6.45, 7) is 0. The third kappa shape index (κ3) is 1.81. The van der Waals surface area contributed by atoms with Gasteiger partial charge in [-0.2, -0.15) is 5.10 Å². The van der Waals surface area contributed by atoms with Gasteiger partial charge in [-0.1, -0.05) is 18.2 Å². The summed E-state index contributed by atoms with van der Waals surface area (Å²) >= 11 is 0. The predicted molar refractivity (Wildman–Crippen MR) is 82.9 cm³/mol. The Morgan fingerprint density at radius 3 is 2.90 bits per heavy atom. The van der Waals surface area contributed by atoms with Crippen LogP contribution >= 0.6 is 0 Å². The van der Waals surface area contributed by atoms with Crippen LogP contribution in [0.1, 0.15) is 17.8 Å². The molecule has 0 amide bonds. The van der Waals surface area contributed by atoms with Crippen molar-refractivity contribution >= 4 is 10.9 Å². The number of hydrogen-bond acceptors (Lipinski definition) is 3. The monoisotopic (exact) mass is 281 g/mol. The van der Waals surface area contributed by atoms with Crippen LogP contribution in [0.5, 0.6) is 0 Å². The van der Waals surface area contributed by atoms with Crippen molar-refractivity contribution < 1.29 is 0 Å². The Labute approximate surface area is 123 Å². The summed E-state index contributed by atoms with van der Waals surface area (Å²) in [5.74, 6) is 0.950. The van der Waals surface area contributed by atoms with Crippen molar-refractivity contribution in [3.8, 4) is 11.5 Å². The number of nitrogens with zero attached hydrogens (tertiary/aromatic N) is 4. The molecule has 0 fully saturated rings. The van der Waals surface area contributed by atoms with Crippen molar-refractivity contribution in [1.82, 2.24) is 19.3 Å². The van der Waals surface area contributed by atoms with Crippen LogP contribution in [0.25, 0.3) is 22.4 Å². The molecule has 1 unspecified atom stereocenters. The Kier molecular flexibility index (Phi) is 2.65. The van der Waals surface area contributed by atoms with Crippen molar-refractivity contribution in [1.29, 1.82) is 0 Å². The lowest BCUT2D eigenvalue weighted by Gasteiger charge is -2.17. The first kappa shape index (κ1) is 12.6. The molecule has 0 radical (unpaired) electrons. The zero-order chi connectivity index (χ0) is 14.6. The van der Waals surface area contributed by atoms with Crippen molar-refractivity contribution in [3.05, 3.63) is 35.7 Å². The molecule has 1 atom stereocenters. The molecule has 0 saturated carbocycles. The average Bonchev–Trinajstić information content (AvgIpc) is 2.98. The number of fused-ring (bicyclic) bond motifs is 2. The highest BCUT2D eigenvalue weighted by molar-refractivity contribution is 5.91. The fourth-order valence-electron chi connectivity index (χ4n) is 3.33. The summed E-state index contributed by atoms with van der Waals surface area (Å²) in [5.41, 5.74) is 10.6.